The summed E-state index contributed by atoms with van der Waals surface area (Å²) in [5.74, 6) is 0.447. The minimum Gasteiger partial charge on any atom is -0.457 e. The number of ether oxygens (including phenoxy) is 1. The van der Waals surface area contributed by atoms with Crippen molar-refractivity contribution in [1.82, 2.24) is 14.8 Å². The molecule has 40 heavy (non-hydrogen) atoms. The first kappa shape index (κ1) is 25.6. The summed E-state index contributed by atoms with van der Waals surface area (Å²) >= 11 is 0. The number of likely N-dealkylation sites (tertiary alicyclic amines) is 2. The Morgan fingerprint density at radius 3 is 1.90 bits per heavy atom. The second-order valence-electron chi connectivity index (χ2n) is 10.2. The van der Waals surface area contributed by atoms with E-state index in [2.05, 4.69) is 4.98 Å². The monoisotopic (exact) mass is 543 g/mol. The van der Waals surface area contributed by atoms with Crippen molar-refractivity contribution in [3.05, 3.63) is 114 Å². The molecule has 3 aromatic carbocycles. The van der Waals surface area contributed by atoms with Gasteiger partial charge in [-0.15, -0.1) is 0 Å². The quantitative estimate of drug-likeness (QED) is 0.303. The molecular formula is C31H24F3N3O3. The van der Waals surface area contributed by atoms with Crippen LogP contribution in [0.2, 0.25) is 0 Å². The van der Waals surface area contributed by atoms with E-state index in [0.29, 0.717) is 43.2 Å². The lowest BCUT2D eigenvalue weighted by atomic mass is 9.72. The lowest BCUT2D eigenvalue weighted by Crippen LogP contribution is -2.73. The van der Waals surface area contributed by atoms with Crippen molar-refractivity contribution in [2.24, 2.45) is 5.41 Å². The van der Waals surface area contributed by atoms with Gasteiger partial charge in [0.1, 0.15) is 17.2 Å². The Morgan fingerprint density at radius 1 is 0.725 bits per heavy atom. The number of rotatable bonds is 5. The minimum absolute atomic E-state index is 0.0986. The van der Waals surface area contributed by atoms with Crippen molar-refractivity contribution < 1.29 is 27.5 Å². The molecule has 6 rings (SSSR count). The van der Waals surface area contributed by atoms with Gasteiger partial charge >= 0.3 is 6.18 Å². The molecule has 0 saturated carbocycles. The predicted octanol–water partition coefficient (Wildman–Crippen LogP) is 6.16. The van der Waals surface area contributed by atoms with E-state index in [1.54, 1.807) is 40.3 Å². The molecular weight excluding hydrogens is 519 g/mol. The number of benzene rings is 3. The van der Waals surface area contributed by atoms with Gasteiger partial charge in [-0.05, 0) is 60.2 Å². The number of halogens is 3. The molecule has 2 amide bonds. The third-order valence-corrected chi connectivity index (χ3v) is 7.29. The van der Waals surface area contributed by atoms with Crippen LogP contribution in [0.5, 0.6) is 11.5 Å². The van der Waals surface area contributed by atoms with Crippen molar-refractivity contribution in [3.8, 4) is 22.6 Å². The fraction of sp³-hybridized carbons (Fsp3) is 0.194. The van der Waals surface area contributed by atoms with Crippen LogP contribution in [-0.4, -0.2) is 52.8 Å². The summed E-state index contributed by atoms with van der Waals surface area (Å²) < 4.78 is 43.8. The number of carbonyl (C=O) groups is 2. The molecule has 2 aliphatic rings. The van der Waals surface area contributed by atoms with Crippen LogP contribution >= 0.6 is 0 Å². The van der Waals surface area contributed by atoms with Crippen LogP contribution < -0.4 is 4.74 Å². The van der Waals surface area contributed by atoms with E-state index in [9.17, 15) is 22.8 Å². The number of amides is 2. The fourth-order valence-corrected chi connectivity index (χ4v) is 5.29. The van der Waals surface area contributed by atoms with Gasteiger partial charge in [0.2, 0.25) is 0 Å². The molecule has 0 unspecified atom stereocenters. The average Bonchev–Trinajstić information content (AvgIpc) is 2.92. The summed E-state index contributed by atoms with van der Waals surface area (Å²) in [5.41, 5.74) is 1.80. The Bertz CT molecular complexity index is 1540. The molecule has 0 aliphatic carbocycles. The van der Waals surface area contributed by atoms with Crippen molar-refractivity contribution >= 4 is 11.8 Å². The van der Waals surface area contributed by atoms with Crippen LogP contribution in [0.1, 0.15) is 26.4 Å². The number of aromatic nitrogens is 1. The first-order chi connectivity index (χ1) is 19.2. The molecule has 0 radical (unpaired) electrons. The van der Waals surface area contributed by atoms with Crippen LogP contribution in [0.25, 0.3) is 11.1 Å². The maximum absolute atomic E-state index is 13.2. The summed E-state index contributed by atoms with van der Waals surface area (Å²) in [5, 5.41) is 0. The fourth-order valence-electron chi connectivity index (χ4n) is 5.29. The summed E-state index contributed by atoms with van der Waals surface area (Å²) in [6, 6.07) is 24.3. The third kappa shape index (κ3) is 4.90. The second-order valence-corrected chi connectivity index (χ2v) is 10.2. The Balaban J connectivity index is 1.03. The van der Waals surface area contributed by atoms with Gasteiger partial charge in [0, 0.05) is 48.9 Å². The molecule has 2 aliphatic heterocycles. The van der Waals surface area contributed by atoms with Crippen LogP contribution in [0, 0.1) is 5.41 Å². The SMILES string of the molecule is O=C(c1ccc(Oc2ccc(C(F)(F)F)cc2)cc1)N1CC2(C1)CN(C(=O)c1ncccc1-c1ccccc1)C2. The van der Waals surface area contributed by atoms with Crippen molar-refractivity contribution in [1.29, 1.82) is 0 Å². The number of hydrogen-bond donors (Lipinski definition) is 0. The molecule has 0 bridgehead atoms. The average molecular weight is 544 g/mol. The Labute approximate surface area is 228 Å². The second kappa shape index (κ2) is 9.82. The summed E-state index contributed by atoms with van der Waals surface area (Å²) in [6.45, 7) is 2.26. The van der Waals surface area contributed by atoms with Gasteiger partial charge in [0.25, 0.3) is 11.8 Å². The molecule has 0 atom stereocenters. The molecule has 1 spiro atoms. The molecule has 202 valence electrons. The zero-order chi connectivity index (χ0) is 27.9. The highest BCUT2D eigenvalue weighted by molar-refractivity contribution is 6.00. The van der Waals surface area contributed by atoms with E-state index < -0.39 is 11.7 Å². The van der Waals surface area contributed by atoms with Gasteiger partial charge < -0.3 is 14.5 Å². The smallest absolute Gasteiger partial charge is 0.416 e. The third-order valence-electron chi connectivity index (χ3n) is 7.29. The molecule has 2 fully saturated rings. The number of hydrogen-bond acceptors (Lipinski definition) is 4. The topological polar surface area (TPSA) is 62.7 Å². The van der Waals surface area contributed by atoms with E-state index >= 15 is 0 Å². The standard InChI is InChI=1S/C31H24F3N3O3/c32-31(33,34)23-10-14-25(15-11-23)40-24-12-8-22(9-13-24)28(38)36-17-30(18-36)19-37(20-30)29(39)27-26(7-4-16-35-27)21-5-2-1-3-6-21/h1-16H,17-20H2. The van der Waals surface area contributed by atoms with Crippen molar-refractivity contribution in [2.45, 2.75) is 6.18 Å². The summed E-state index contributed by atoms with van der Waals surface area (Å²) in [4.78, 5) is 34.1. The van der Waals surface area contributed by atoms with E-state index in [-0.39, 0.29) is 23.0 Å². The zero-order valence-corrected chi connectivity index (χ0v) is 21.3. The van der Waals surface area contributed by atoms with Crippen LogP contribution in [0.3, 0.4) is 0 Å². The van der Waals surface area contributed by atoms with Gasteiger partial charge in [0.15, 0.2) is 0 Å². The van der Waals surface area contributed by atoms with Crippen molar-refractivity contribution in [2.75, 3.05) is 26.2 Å². The van der Waals surface area contributed by atoms with Crippen LogP contribution in [0.4, 0.5) is 13.2 Å². The first-order valence-corrected chi connectivity index (χ1v) is 12.8. The van der Waals surface area contributed by atoms with Crippen LogP contribution in [0.15, 0.2) is 97.2 Å². The molecule has 3 heterocycles. The Kier molecular flexibility index (Phi) is 6.29. The van der Waals surface area contributed by atoms with E-state index in [1.807, 2.05) is 42.5 Å². The Hall–Kier alpha value is -4.66. The molecule has 4 aromatic rings. The van der Waals surface area contributed by atoms with Gasteiger partial charge in [0.05, 0.1) is 5.56 Å². The lowest BCUT2D eigenvalue weighted by molar-refractivity contribution is -0.137. The van der Waals surface area contributed by atoms with Crippen LogP contribution in [-0.2, 0) is 6.18 Å². The Morgan fingerprint density at radius 2 is 1.30 bits per heavy atom. The number of pyridine rings is 1. The molecule has 0 N–H and O–H groups in total. The van der Waals surface area contributed by atoms with E-state index in [1.165, 1.54) is 12.1 Å². The molecule has 6 nitrogen and oxygen atoms in total. The van der Waals surface area contributed by atoms with Gasteiger partial charge in [-0.2, -0.15) is 13.2 Å². The summed E-state index contributed by atoms with van der Waals surface area (Å²) in [6.07, 6.45) is -2.78. The predicted molar refractivity (Wildman–Crippen MR) is 142 cm³/mol. The van der Waals surface area contributed by atoms with Gasteiger partial charge in [-0.1, -0.05) is 36.4 Å². The highest BCUT2D eigenvalue weighted by atomic mass is 19.4. The van der Waals surface area contributed by atoms with E-state index in [4.69, 9.17) is 4.74 Å². The lowest BCUT2D eigenvalue weighted by Gasteiger charge is -2.60. The molecule has 9 heteroatoms. The van der Waals surface area contributed by atoms with Gasteiger partial charge in [-0.25, -0.2) is 0 Å². The van der Waals surface area contributed by atoms with E-state index in [0.717, 1.165) is 23.3 Å². The highest BCUT2D eigenvalue weighted by Gasteiger charge is 2.54. The number of nitrogens with zero attached hydrogens (tertiary/aromatic N) is 3. The summed E-state index contributed by atoms with van der Waals surface area (Å²) in [7, 11) is 0. The molecule has 1 aromatic heterocycles. The maximum Gasteiger partial charge on any atom is 0.416 e. The normalized spacial score (nSPS) is 15.8. The van der Waals surface area contributed by atoms with Gasteiger partial charge in [-0.3, -0.25) is 14.6 Å². The molecule has 2 saturated heterocycles. The maximum atomic E-state index is 13.2. The number of alkyl halides is 3. The van der Waals surface area contributed by atoms with Crippen molar-refractivity contribution in [3.63, 3.8) is 0 Å². The number of carbonyl (C=O) groups excluding carboxylic acids is 2. The first-order valence-electron chi connectivity index (χ1n) is 12.8. The largest absolute Gasteiger partial charge is 0.457 e. The zero-order valence-electron chi connectivity index (χ0n) is 21.3. The minimum atomic E-state index is -4.41. The highest BCUT2D eigenvalue weighted by Crippen LogP contribution is 2.41.